The first-order valence-corrected chi connectivity index (χ1v) is 8.72. The maximum atomic E-state index is 5.50. The summed E-state index contributed by atoms with van der Waals surface area (Å²) < 4.78 is 5.42. The number of allylic oxidation sites excluding steroid dienone is 3. The number of hydrogen-bond donors (Lipinski definition) is 0. The van der Waals surface area contributed by atoms with Crippen LogP contribution in [0, 0.1) is 24.2 Å². The molecular formula is C19H28N2O. The zero-order valence-corrected chi connectivity index (χ0v) is 13.5. The van der Waals surface area contributed by atoms with Crippen LogP contribution in [0.4, 0.5) is 0 Å². The van der Waals surface area contributed by atoms with E-state index in [0.29, 0.717) is 5.92 Å². The van der Waals surface area contributed by atoms with Crippen LogP contribution in [0.2, 0.25) is 0 Å². The fourth-order valence-corrected chi connectivity index (χ4v) is 3.30. The van der Waals surface area contributed by atoms with Gasteiger partial charge in [-0.05, 0) is 50.1 Å². The Kier molecular flexibility index (Phi) is 5.58. The molecule has 1 heterocycles. The van der Waals surface area contributed by atoms with Crippen molar-refractivity contribution in [3.05, 3.63) is 23.9 Å². The highest BCUT2D eigenvalue weighted by molar-refractivity contribution is 5.23. The molecule has 0 bridgehead atoms. The SMILES string of the molecule is C#CCN(CCC1C=CC(N2CCOCC2)=CC1)CC1CC1. The van der Waals surface area contributed by atoms with Crippen LogP contribution in [0.3, 0.4) is 0 Å². The van der Waals surface area contributed by atoms with Crippen molar-refractivity contribution in [3.8, 4) is 12.3 Å². The van der Waals surface area contributed by atoms with Crippen LogP contribution >= 0.6 is 0 Å². The van der Waals surface area contributed by atoms with Crippen LogP contribution in [0.15, 0.2) is 23.9 Å². The molecule has 1 saturated carbocycles. The molecule has 0 radical (unpaired) electrons. The fourth-order valence-electron chi connectivity index (χ4n) is 3.30. The lowest BCUT2D eigenvalue weighted by molar-refractivity contribution is 0.0550. The first kappa shape index (κ1) is 15.6. The van der Waals surface area contributed by atoms with Crippen molar-refractivity contribution >= 4 is 0 Å². The molecule has 3 heteroatoms. The van der Waals surface area contributed by atoms with Crippen LogP contribution < -0.4 is 0 Å². The van der Waals surface area contributed by atoms with Crippen LogP contribution in [0.25, 0.3) is 0 Å². The van der Waals surface area contributed by atoms with Crippen LogP contribution in [0.1, 0.15) is 25.7 Å². The molecule has 0 N–H and O–H groups in total. The Morgan fingerprint density at radius 1 is 1.32 bits per heavy atom. The minimum atomic E-state index is 0.671. The Balaban J connectivity index is 1.41. The summed E-state index contributed by atoms with van der Waals surface area (Å²) >= 11 is 0. The lowest BCUT2D eigenvalue weighted by Crippen LogP contribution is -2.35. The van der Waals surface area contributed by atoms with Gasteiger partial charge in [0.25, 0.3) is 0 Å². The monoisotopic (exact) mass is 300 g/mol. The number of morpholine rings is 1. The van der Waals surface area contributed by atoms with Crippen LogP contribution in [0.5, 0.6) is 0 Å². The summed E-state index contributed by atoms with van der Waals surface area (Å²) in [5.41, 5.74) is 1.39. The van der Waals surface area contributed by atoms with Gasteiger partial charge in [0.05, 0.1) is 19.8 Å². The van der Waals surface area contributed by atoms with E-state index in [0.717, 1.165) is 51.7 Å². The van der Waals surface area contributed by atoms with Gasteiger partial charge in [-0.3, -0.25) is 4.90 Å². The van der Waals surface area contributed by atoms with E-state index < -0.39 is 0 Å². The Bertz CT molecular complexity index is 453. The molecule has 0 spiro atoms. The summed E-state index contributed by atoms with van der Waals surface area (Å²) in [5.74, 6) is 4.41. The maximum absolute atomic E-state index is 5.50. The summed E-state index contributed by atoms with van der Waals surface area (Å²) in [6.45, 7) is 6.91. The van der Waals surface area contributed by atoms with E-state index in [1.54, 1.807) is 0 Å². The number of rotatable bonds is 7. The topological polar surface area (TPSA) is 15.7 Å². The largest absolute Gasteiger partial charge is 0.378 e. The van der Waals surface area contributed by atoms with Crippen molar-refractivity contribution in [1.82, 2.24) is 9.80 Å². The van der Waals surface area contributed by atoms with Gasteiger partial charge in [0.1, 0.15) is 0 Å². The van der Waals surface area contributed by atoms with Gasteiger partial charge < -0.3 is 9.64 Å². The second kappa shape index (κ2) is 7.85. The van der Waals surface area contributed by atoms with Gasteiger partial charge in [-0.2, -0.15) is 0 Å². The molecule has 2 fully saturated rings. The summed E-state index contributed by atoms with van der Waals surface area (Å²) in [7, 11) is 0. The van der Waals surface area contributed by atoms with Gasteiger partial charge in [-0.15, -0.1) is 6.42 Å². The Morgan fingerprint density at radius 3 is 2.77 bits per heavy atom. The molecule has 1 atom stereocenters. The normalized spacial score (nSPS) is 25.2. The van der Waals surface area contributed by atoms with Crippen LogP contribution in [-0.4, -0.2) is 55.7 Å². The Hall–Kier alpha value is -1.24. The van der Waals surface area contributed by atoms with Crippen molar-refractivity contribution in [2.24, 2.45) is 11.8 Å². The number of nitrogens with zero attached hydrogens (tertiary/aromatic N) is 2. The van der Waals surface area contributed by atoms with Crippen molar-refractivity contribution < 1.29 is 4.74 Å². The summed E-state index contributed by atoms with van der Waals surface area (Å²) in [6.07, 6.45) is 17.8. The van der Waals surface area contributed by atoms with Crippen molar-refractivity contribution in [3.63, 3.8) is 0 Å². The number of terminal acetylenes is 1. The van der Waals surface area contributed by atoms with Crippen LogP contribution in [-0.2, 0) is 4.74 Å². The van der Waals surface area contributed by atoms with Gasteiger partial charge >= 0.3 is 0 Å². The molecule has 120 valence electrons. The molecule has 1 saturated heterocycles. The molecule has 22 heavy (non-hydrogen) atoms. The summed E-state index contributed by atoms with van der Waals surface area (Å²) in [6, 6.07) is 0. The Labute approximate surface area is 135 Å². The van der Waals surface area contributed by atoms with Gasteiger partial charge in [-0.1, -0.05) is 18.1 Å². The van der Waals surface area contributed by atoms with E-state index in [4.69, 9.17) is 11.2 Å². The Morgan fingerprint density at radius 2 is 2.14 bits per heavy atom. The van der Waals surface area contributed by atoms with Crippen molar-refractivity contribution in [2.45, 2.75) is 25.7 Å². The van der Waals surface area contributed by atoms with Gasteiger partial charge in [0.15, 0.2) is 0 Å². The molecule has 0 aromatic heterocycles. The first-order valence-electron chi connectivity index (χ1n) is 8.72. The third-order valence-corrected chi connectivity index (χ3v) is 4.89. The molecule has 0 aromatic rings. The summed E-state index contributed by atoms with van der Waals surface area (Å²) in [4.78, 5) is 4.90. The molecule has 3 aliphatic rings. The lowest BCUT2D eigenvalue weighted by Gasteiger charge is -2.32. The quantitative estimate of drug-likeness (QED) is 0.672. The van der Waals surface area contributed by atoms with E-state index in [2.05, 4.69) is 33.9 Å². The van der Waals surface area contributed by atoms with E-state index in [-0.39, 0.29) is 0 Å². The third-order valence-electron chi connectivity index (χ3n) is 4.89. The minimum Gasteiger partial charge on any atom is -0.378 e. The molecule has 3 rings (SSSR count). The molecule has 1 aliphatic heterocycles. The van der Waals surface area contributed by atoms with Crippen molar-refractivity contribution in [2.75, 3.05) is 45.9 Å². The molecular weight excluding hydrogens is 272 g/mol. The summed E-state index contributed by atoms with van der Waals surface area (Å²) in [5, 5.41) is 0. The van der Waals surface area contributed by atoms with E-state index >= 15 is 0 Å². The molecule has 0 amide bonds. The molecule has 1 unspecified atom stereocenters. The minimum absolute atomic E-state index is 0.671. The van der Waals surface area contributed by atoms with Crippen molar-refractivity contribution in [1.29, 1.82) is 0 Å². The zero-order chi connectivity index (χ0) is 15.2. The fraction of sp³-hybridized carbons (Fsp3) is 0.684. The zero-order valence-electron chi connectivity index (χ0n) is 13.5. The predicted octanol–water partition coefficient (Wildman–Crippen LogP) is 2.51. The highest BCUT2D eigenvalue weighted by Crippen LogP contribution is 2.30. The average Bonchev–Trinajstić information content (AvgIpc) is 3.38. The molecule has 0 aromatic carbocycles. The molecule has 2 aliphatic carbocycles. The first-order chi connectivity index (χ1) is 10.8. The van der Waals surface area contributed by atoms with E-state index in [1.807, 2.05) is 0 Å². The number of ether oxygens (including phenoxy) is 1. The predicted molar refractivity (Wildman–Crippen MR) is 90.3 cm³/mol. The number of hydrogen-bond acceptors (Lipinski definition) is 3. The highest BCUT2D eigenvalue weighted by Gasteiger charge is 2.24. The van der Waals surface area contributed by atoms with E-state index in [9.17, 15) is 0 Å². The standard InChI is InChI=1S/C19H28N2O/c1-2-10-20(16-18-3-4-18)11-9-17-5-7-19(8-6-17)21-12-14-22-15-13-21/h1,5,7-8,17-18H,3-4,6,9-16H2. The smallest absolute Gasteiger partial charge is 0.0642 e. The maximum Gasteiger partial charge on any atom is 0.0642 e. The lowest BCUT2D eigenvalue weighted by atomic mass is 9.95. The highest BCUT2D eigenvalue weighted by atomic mass is 16.5. The third kappa shape index (κ3) is 4.63. The van der Waals surface area contributed by atoms with E-state index in [1.165, 1.54) is 31.5 Å². The van der Waals surface area contributed by atoms with Gasteiger partial charge in [0, 0.05) is 25.3 Å². The molecule has 3 nitrogen and oxygen atoms in total. The second-order valence-electron chi connectivity index (χ2n) is 6.75. The van der Waals surface area contributed by atoms with Gasteiger partial charge in [-0.25, -0.2) is 0 Å². The second-order valence-corrected chi connectivity index (χ2v) is 6.75. The van der Waals surface area contributed by atoms with Gasteiger partial charge in [0.2, 0.25) is 0 Å². The average molecular weight is 300 g/mol.